The molecular formula is C13H17NO4. The quantitative estimate of drug-likeness (QED) is 0.662. The maximum Gasteiger partial charge on any atom is 0.311 e. The highest BCUT2D eigenvalue weighted by Crippen LogP contribution is 2.33. The standard InChI is InChI=1S/C13H17NO4/c1-9-5-4-6-10(14(16)17)13(9)18-12-8-3-2-7-11(12)15/h4-6,11-12,15H,2-3,7-8H2,1H3. The molecule has 0 spiro atoms. The highest BCUT2D eigenvalue weighted by molar-refractivity contribution is 5.51. The van der Waals surface area contributed by atoms with E-state index in [0.717, 1.165) is 24.8 Å². The van der Waals surface area contributed by atoms with Crippen molar-refractivity contribution in [2.75, 3.05) is 0 Å². The lowest BCUT2D eigenvalue weighted by Crippen LogP contribution is -2.34. The van der Waals surface area contributed by atoms with E-state index in [2.05, 4.69) is 0 Å². The fourth-order valence-electron chi connectivity index (χ4n) is 2.30. The average molecular weight is 251 g/mol. The van der Waals surface area contributed by atoms with Crippen molar-refractivity contribution >= 4 is 5.69 Å². The van der Waals surface area contributed by atoms with Crippen LogP contribution in [0.5, 0.6) is 5.75 Å². The number of rotatable bonds is 3. The summed E-state index contributed by atoms with van der Waals surface area (Å²) in [5.74, 6) is 0.286. The number of aliphatic hydroxyl groups is 1. The molecule has 1 aromatic carbocycles. The first-order chi connectivity index (χ1) is 8.59. The van der Waals surface area contributed by atoms with Crippen LogP contribution in [0.3, 0.4) is 0 Å². The molecule has 1 N–H and O–H groups in total. The van der Waals surface area contributed by atoms with E-state index in [1.165, 1.54) is 6.07 Å². The highest BCUT2D eigenvalue weighted by Gasteiger charge is 2.28. The summed E-state index contributed by atoms with van der Waals surface area (Å²) < 4.78 is 5.70. The van der Waals surface area contributed by atoms with Crippen LogP contribution >= 0.6 is 0 Å². The van der Waals surface area contributed by atoms with Crippen LogP contribution in [0.1, 0.15) is 31.2 Å². The molecule has 0 saturated heterocycles. The van der Waals surface area contributed by atoms with Gasteiger partial charge in [0, 0.05) is 6.07 Å². The molecule has 2 unspecified atom stereocenters. The Labute approximate surface area is 106 Å². The van der Waals surface area contributed by atoms with Gasteiger partial charge in [0.1, 0.15) is 6.10 Å². The van der Waals surface area contributed by atoms with Crippen LogP contribution in [0.4, 0.5) is 5.69 Å². The summed E-state index contributed by atoms with van der Waals surface area (Å²) in [6.45, 7) is 1.78. The van der Waals surface area contributed by atoms with Crippen molar-refractivity contribution in [1.29, 1.82) is 0 Å². The smallest absolute Gasteiger partial charge is 0.311 e. The Bertz CT molecular complexity index is 447. The number of ether oxygens (including phenoxy) is 1. The number of hydrogen-bond donors (Lipinski definition) is 1. The van der Waals surface area contributed by atoms with E-state index in [9.17, 15) is 15.2 Å². The minimum absolute atomic E-state index is 0.0345. The highest BCUT2D eigenvalue weighted by atomic mass is 16.6. The third-order valence-corrected chi connectivity index (χ3v) is 3.32. The van der Waals surface area contributed by atoms with Crippen LogP contribution in [0.2, 0.25) is 0 Å². The van der Waals surface area contributed by atoms with Gasteiger partial charge in [0.05, 0.1) is 11.0 Å². The molecule has 98 valence electrons. The summed E-state index contributed by atoms with van der Waals surface area (Å²) in [5.41, 5.74) is 0.690. The van der Waals surface area contributed by atoms with Crippen LogP contribution in [0.15, 0.2) is 18.2 Å². The first kappa shape index (κ1) is 12.8. The second-order valence-electron chi connectivity index (χ2n) is 4.69. The van der Waals surface area contributed by atoms with E-state index < -0.39 is 11.0 Å². The molecule has 2 rings (SSSR count). The third-order valence-electron chi connectivity index (χ3n) is 3.32. The van der Waals surface area contributed by atoms with Gasteiger partial charge in [-0.3, -0.25) is 10.1 Å². The Hall–Kier alpha value is -1.62. The summed E-state index contributed by atoms with van der Waals surface area (Å²) in [5, 5.41) is 20.8. The zero-order valence-corrected chi connectivity index (χ0v) is 10.3. The first-order valence-electron chi connectivity index (χ1n) is 6.18. The monoisotopic (exact) mass is 251 g/mol. The Morgan fingerprint density at radius 2 is 2.11 bits per heavy atom. The lowest BCUT2D eigenvalue weighted by atomic mass is 9.95. The second-order valence-corrected chi connectivity index (χ2v) is 4.69. The summed E-state index contributed by atoms with van der Waals surface area (Å²) in [6.07, 6.45) is 2.55. The second kappa shape index (κ2) is 5.35. The van der Waals surface area contributed by atoms with Crippen molar-refractivity contribution in [1.82, 2.24) is 0 Å². The van der Waals surface area contributed by atoms with Crippen molar-refractivity contribution in [2.24, 2.45) is 0 Å². The van der Waals surface area contributed by atoms with E-state index in [1.807, 2.05) is 0 Å². The Balaban J connectivity index is 2.24. The normalized spacial score (nSPS) is 23.7. The molecule has 0 aliphatic heterocycles. The van der Waals surface area contributed by atoms with Crippen LogP contribution in [-0.4, -0.2) is 22.2 Å². The van der Waals surface area contributed by atoms with Gasteiger partial charge in [0.2, 0.25) is 0 Å². The van der Waals surface area contributed by atoms with Crippen molar-refractivity contribution in [3.05, 3.63) is 33.9 Å². The molecule has 0 bridgehead atoms. The Morgan fingerprint density at radius 1 is 1.39 bits per heavy atom. The lowest BCUT2D eigenvalue weighted by molar-refractivity contribution is -0.386. The third kappa shape index (κ3) is 2.61. The van der Waals surface area contributed by atoms with Gasteiger partial charge < -0.3 is 9.84 Å². The molecule has 0 amide bonds. The minimum Gasteiger partial charge on any atom is -0.481 e. The molecular weight excluding hydrogens is 234 g/mol. The van der Waals surface area contributed by atoms with Gasteiger partial charge in [-0.05, 0) is 31.7 Å². The number of para-hydroxylation sites is 1. The van der Waals surface area contributed by atoms with Crippen molar-refractivity contribution < 1.29 is 14.8 Å². The van der Waals surface area contributed by atoms with Crippen LogP contribution < -0.4 is 4.74 Å². The molecule has 1 fully saturated rings. The van der Waals surface area contributed by atoms with E-state index in [-0.39, 0.29) is 17.5 Å². The average Bonchev–Trinajstić information content (AvgIpc) is 2.34. The zero-order chi connectivity index (χ0) is 13.1. The van der Waals surface area contributed by atoms with Gasteiger partial charge in [0.15, 0.2) is 5.75 Å². The zero-order valence-electron chi connectivity index (χ0n) is 10.3. The molecule has 5 nitrogen and oxygen atoms in total. The Kier molecular flexibility index (Phi) is 3.81. The van der Waals surface area contributed by atoms with E-state index in [1.54, 1.807) is 19.1 Å². The summed E-state index contributed by atoms with van der Waals surface area (Å²) in [7, 11) is 0. The molecule has 1 aliphatic carbocycles. The Morgan fingerprint density at radius 3 is 2.78 bits per heavy atom. The number of benzene rings is 1. The number of hydrogen-bond acceptors (Lipinski definition) is 4. The number of nitro benzene ring substituents is 1. The van der Waals surface area contributed by atoms with Crippen molar-refractivity contribution in [3.8, 4) is 5.75 Å². The van der Waals surface area contributed by atoms with E-state index in [0.29, 0.717) is 6.42 Å². The van der Waals surface area contributed by atoms with Crippen LogP contribution in [0, 0.1) is 17.0 Å². The van der Waals surface area contributed by atoms with Crippen molar-refractivity contribution in [2.45, 2.75) is 44.8 Å². The van der Waals surface area contributed by atoms with Gasteiger partial charge in [-0.1, -0.05) is 18.6 Å². The fraction of sp³-hybridized carbons (Fsp3) is 0.538. The lowest BCUT2D eigenvalue weighted by Gasteiger charge is -2.28. The number of aryl methyl sites for hydroxylation is 1. The molecule has 0 heterocycles. The SMILES string of the molecule is Cc1cccc([N+](=O)[O-])c1OC1CCCCC1O. The number of nitro groups is 1. The molecule has 0 radical (unpaired) electrons. The summed E-state index contributed by atoms with van der Waals surface area (Å²) >= 11 is 0. The van der Waals surface area contributed by atoms with Crippen LogP contribution in [0.25, 0.3) is 0 Å². The van der Waals surface area contributed by atoms with E-state index >= 15 is 0 Å². The molecule has 1 aliphatic rings. The molecule has 5 heteroatoms. The van der Waals surface area contributed by atoms with Gasteiger partial charge >= 0.3 is 5.69 Å². The van der Waals surface area contributed by atoms with Gasteiger partial charge in [0.25, 0.3) is 0 Å². The number of nitrogens with zero attached hydrogens (tertiary/aromatic N) is 1. The first-order valence-corrected chi connectivity index (χ1v) is 6.18. The van der Waals surface area contributed by atoms with Gasteiger partial charge in [-0.25, -0.2) is 0 Å². The molecule has 1 saturated carbocycles. The predicted molar refractivity (Wildman–Crippen MR) is 66.7 cm³/mol. The minimum atomic E-state index is -0.530. The van der Waals surface area contributed by atoms with Crippen molar-refractivity contribution in [3.63, 3.8) is 0 Å². The molecule has 2 atom stereocenters. The van der Waals surface area contributed by atoms with Gasteiger partial charge in [-0.15, -0.1) is 0 Å². The summed E-state index contributed by atoms with van der Waals surface area (Å²) in [6, 6.07) is 4.84. The summed E-state index contributed by atoms with van der Waals surface area (Å²) in [4.78, 5) is 10.5. The number of aliphatic hydroxyl groups excluding tert-OH is 1. The predicted octanol–water partition coefficient (Wildman–Crippen LogP) is 2.59. The van der Waals surface area contributed by atoms with Gasteiger partial charge in [-0.2, -0.15) is 0 Å². The maximum atomic E-state index is 11.0. The maximum absolute atomic E-state index is 11.0. The molecule has 0 aromatic heterocycles. The fourth-order valence-corrected chi connectivity index (χ4v) is 2.30. The largest absolute Gasteiger partial charge is 0.481 e. The van der Waals surface area contributed by atoms with Crippen LogP contribution in [-0.2, 0) is 0 Å². The molecule has 1 aromatic rings. The topological polar surface area (TPSA) is 72.6 Å². The van der Waals surface area contributed by atoms with E-state index in [4.69, 9.17) is 4.74 Å². The molecule has 18 heavy (non-hydrogen) atoms.